The molecule has 0 saturated heterocycles. The third-order valence-corrected chi connectivity index (χ3v) is 5.76. The standard InChI is InChI=1S/C22H27Cl2N2/c1-2-3-4-5-6-9-14-25-17-26(22(24)21(25)23)16-18-12-13-19-10-7-8-11-20(19)15-18/h7-8,10-13,15,17H,2-6,9,14,16H2,1H3/q+1. The minimum absolute atomic E-state index is 0.616. The predicted molar refractivity (Wildman–Crippen MR) is 111 cm³/mol. The molecule has 0 atom stereocenters. The van der Waals surface area contributed by atoms with Gasteiger partial charge in [-0.3, -0.25) is 0 Å². The molecule has 138 valence electrons. The van der Waals surface area contributed by atoms with Crippen molar-refractivity contribution < 1.29 is 4.57 Å². The number of nitrogens with zero attached hydrogens (tertiary/aromatic N) is 2. The van der Waals surface area contributed by atoms with E-state index in [1.54, 1.807) is 0 Å². The molecular weight excluding hydrogens is 363 g/mol. The summed E-state index contributed by atoms with van der Waals surface area (Å²) in [5.41, 5.74) is 1.23. The monoisotopic (exact) mass is 389 g/mol. The van der Waals surface area contributed by atoms with E-state index in [0.717, 1.165) is 19.5 Å². The molecule has 0 amide bonds. The molecule has 2 nitrogen and oxygen atoms in total. The molecule has 3 aromatic rings. The zero-order valence-electron chi connectivity index (χ0n) is 15.4. The van der Waals surface area contributed by atoms with E-state index >= 15 is 0 Å². The minimum Gasteiger partial charge on any atom is -0.219 e. The molecule has 3 rings (SSSR count). The highest BCUT2D eigenvalue weighted by Gasteiger charge is 2.20. The van der Waals surface area contributed by atoms with Gasteiger partial charge in [0.2, 0.25) is 6.33 Å². The van der Waals surface area contributed by atoms with E-state index in [9.17, 15) is 0 Å². The first-order chi connectivity index (χ1) is 12.7. The topological polar surface area (TPSA) is 8.81 Å². The van der Waals surface area contributed by atoms with Crippen LogP contribution in [-0.2, 0) is 13.1 Å². The van der Waals surface area contributed by atoms with Crippen LogP contribution < -0.4 is 4.57 Å². The largest absolute Gasteiger partial charge is 0.255 e. The molecule has 0 N–H and O–H groups in total. The molecule has 0 aliphatic rings. The average Bonchev–Trinajstić information content (AvgIpc) is 2.92. The molecule has 1 aromatic heterocycles. The summed E-state index contributed by atoms with van der Waals surface area (Å²) in [7, 11) is 0. The summed E-state index contributed by atoms with van der Waals surface area (Å²) in [6, 6.07) is 14.9. The third kappa shape index (κ3) is 4.81. The first kappa shape index (κ1) is 19.3. The van der Waals surface area contributed by atoms with Crippen molar-refractivity contribution in [2.75, 3.05) is 0 Å². The van der Waals surface area contributed by atoms with Gasteiger partial charge in [-0.1, -0.05) is 69.0 Å². The Labute approximate surface area is 166 Å². The summed E-state index contributed by atoms with van der Waals surface area (Å²) in [6.45, 7) is 3.90. The van der Waals surface area contributed by atoms with Gasteiger partial charge in [-0.05, 0) is 58.4 Å². The molecule has 0 fully saturated rings. The van der Waals surface area contributed by atoms with Crippen LogP contribution in [0, 0.1) is 0 Å². The Bertz CT molecular complexity index is 854. The highest BCUT2D eigenvalue weighted by atomic mass is 35.5. The number of unbranched alkanes of at least 4 members (excludes halogenated alkanes) is 5. The van der Waals surface area contributed by atoms with E-state index in [-0.39, 0.29) is 0 Å². The van der Waals surface area contributed by atoms with Gasteiger partial charge >= 0.3 is 0 Å². The third-order valence-electron chi connectivity index (χ3n) is 4.87. The first-order valence-electron chi connectivity index (χ1n) is 9.60. The van der Waals surface area contributed by atoms with Crippen molar-refractivity contribution in [3.8, 4) is 0 Å². The number of hydrogen-bond donors (Lipinski definition) is 0. The summed E-state index contributed by atoms with van der Waals surface area (Å²) >= 11 is 12.9. The van der Waals surface area contributed by atoms with Crippen molar-refractivity contribution in [3.05, 3.63) is 64.7 Å². The Morgan fingerprint density at radius 1 is 0.885 bits per heavy atom. The number of rotatable bonds is 9. The normalized spacial score (nSPS) is 11.3. The van der Waals surface area contributed by atoms with E-state index < -0.39 is 0 Å². The number of hydrogen-bond acceptors (Lipinski definition) is 0. The molecule has 2 aromatic carbocycles. The predicted octanol–water partition coefficient (Wildman–Crippen LogP) is 6.64. The number of aryl methyl sites for hydroxylation is 1. The maximum absolute atomic E-state index is 6.47. The van der Waals surface area contributed by atoms with E-state index in [4.69, 9.17) is 23.2 Å². The number of fused-ring (bicyclic) bond motifs is 1. The van der Waals surface area contributed by atoms with E-state index in [2.05, 4.69) is 54.0 Å². The Morgan fingerprint density at radius 3 is 2.42 bits per heavy atom. The lowest BCUT2D eigenvalue weighted by Gasteiger charge is -2.02. The quantitative estimate of drug-likeness (QED) is 0.286. The van der Waals surface area contributed by atoms with Gasteiger partial charge in [0.15, 0.2) is 0 Å². The first-order valence-corrected chi connectivity index (χ1v) is 10.4. The second-order valence-electron chi connectivity index (χ2n) is 6.97. The van der Waals surface area contributed by atoms with Crippen molar-refractivity contribution in [2.24, 2.45) is 0 Å². The van der Waals surface area contributed by atoms with Gasteiger partial charge < -0.3 is 0 Å². The van der Waals surface area contributed by atoms with Gasteiger partial charge in [-0.2, -0.15) is 0 Å². The highest BCUT2D eigenvalue weighted by Crippen LogP contribution is 2.21. The van der Waals surface area contributed by atoms with Crippen molar-refractivity contribution in [1.29, 1.82) is 0 Å². The van der Waals surface area contributed by atoms with Gasteiger partial charge in [0.05, 0.1) is 6.54 Å². The van der Waals surface area contributed by atoms with Crippen LogP contribution in [-0.4, -0.2) is 4.57 Å². The lowest BCUT2D eigenvalue weighted by molar-refractivity contribution is -0.685. The zero-order valence-corrected chi connectivity index (χ0v) is 16.9. The maximum Gasteiger partial charge on any atom is 0.255 e. The molecule has 26 heavy (non-hydrogen) atoms. The Hall–Kier alpha value is -1.51. The fraction of sp³-hybridized carbons (Fsp3) is 0.409. The SMILES string of the molecule is CCCCCCCCn1c[n+](Cc2ccc3ccccc3c2)c(Cl)c1Cl. The Morgan fingerprint density at radius 2 is 1.62 bits per heavy atom. The molecule has 0 unspecified atom stereocenters. The number of aromatic nitrogens is 2. The van der Waals surface area contributed by atoms with Crippen LogP contribution in [0.15, 0.2) is 48.8 Å². The maximum atomic E-state index is 6.47. The second kappa shape index (κ2) is 9.43. The van der Waals surface area contributed by atoms with E-state index in [1.165, 1.54) is 48.4 Å². The van der Waals surface area contributed by atoms with Crippen LogP contribution in [0.2, 0.25) is 10.3 Å². The van der Waals surface area contributed by atoms with Gasteiger partial charge in [0.25, 0.3) is 10.3 Å². The van der Waals surface area contributed by atoms with Crippen LogP contribution in [0.25, 0.3) is 10.8 Å². The van der Waals surface area contributed by atoms with Crippen LogP contribution in [0.1, 0.15) is 51.0 Å². The summed E-state index contributed by atoms with van der Waals surface area (Å²) in [5, 5.41) is 3.76. The summed E-state index contributed by atoms with van der Waals surface area (Å²) < 4.78 is 4.11. The van der Waals surface area contributed by atoms with Crippen molar-refractivity contribution in [2.45, 2.75) is 58.5 Å². The summed E-state index contributed by atoms with van der Waals surface area (Å²) in [4.78, 5) is 0. The lowest BCUT2D eigenvalue weighted by atomic mass is 10.1. The molecular formula is C22H27Cl2N2+. The molecule has 0 aliphatic carbocycles. The van der Waals surface area contributed by atoms with Crippen LogP contribution in [0.4, 0.5) is 0 Å². The van der Waals surface area contributed by atoms with Crippen molar-refractivity contribution >= 4 is 34.0 Å². The lowest BCUT2D eigenvalue weighted by Crippen LogP contribution is -2.33. The van der Waals surface area contributed by atoms with Crippen LogP contribution >= 0.6 is 23.2 Å². The van der Waals surface area contributed by atoms with E-state index in [0.29, 0.717) is 10.3 Å². The number of benzene rings is 2. The Kier molecular flexibility index (Phi) is 6.99. The van der Waals surface area contributed by atoms with E-state index in [1.807, 2.05) is 10.9 Å². The highest BCUT2D eigenvalue weighted by molar-refractivity contribution is 6.39. The molecule has 0 aliphatic heterocycles. The summed E-state index contributed by atoms with van der Waals surface area (Å²) in [5.74, 6) is 0. The van der Waals surface area contributed by atoms with Gasteiger partial charge in [-0.25, -0.2) is 9.13 Å². The fourth-order valence-electron chi connectivity index (χ4n) is 3.37. The Balaban J connectivity index is 1.64. The molecule has 0 saturated carbocycles. The zero-order chi connectivity index (χ0) is 18.4. The molecule has 1 heterocycles. The van der Waals surface area contributed by atoms with Gasteiger partial charge in [-0.15, -0.1) is 0 Å². The van der Waals surface area contributed by atoms with Crippen LogP contribution in [0.5, 0.6) is 0 Å². The average molecular weight is 390 g/mol. The molecule has 0 spiro atoms. The number of halogens is 2. The molecule has 4 heteroatoms. The van der Waals surface area contributed by atoms with Crippen LogP contribution in [0.3, 0.4) is 0 Å². The fourth-order valence-corrected chi connectivity index (χ4v) is 3.82. The van der Waals surface area contributed by atoms with Crippen molar-refractivity contribution in [1.82, 2.24) is 4.57 Å². The second-order valence-corrected chi connectivity index (χ2v) is 7.68. The number of imidazole rings is 1. The molecule has 0 bridgehead atoms. The smallest absolute Gasteiger partial charge is 0.219 e. The van der Waals surface area contributed by atoms with Crippen molar-refractivity contribution in [3.63, 3.8) is 0 Å². The minimum atomic E-state index is 0.616. The van der Waals surface area contributed by atoms with Gasteiger partial charge in [0.1, 0.15) is 6.54 Å². The molecule has 0 radical (unpaired) electrons. The van der Waals surface area contributed by atoms with Gasteiger partial charge in [0, 0.05) is 0 Å². The summed E-state index contributed by atoms with van der Waals surface area (Å²) in [6.07, 6.45) is 9.69.